The van der Waals surface area contributed by atoms with Crippen LogP contribution in [0, 0.1) is 6.07 Å². The lowest BCUT2D eigenvalue weighted by Crippen LogP contribution is -2.18. The second kappa shape index (κ2) is 2.89. The molecule has 1 aromatic carbocycles. The zero-order valence-corrected chi connectivity index (χ0v) is 6.34. The van der Waals surface area contributed by atoms with Crippen molar-refractivity contribution < 1.29 is 12.6 Å². The Bertz CT molecular complexity index is 319. The van der Waals surface area contributed by atoms with Crippen LogP contribution in [0.15, 0.2) is 24.3 Å². The van der Waals surface area contributed by atoms with Crippen molar-refractivity contribution >= 4 is 10.3 Å². The van der Waals surface area contributed by atoms with Crippen molar-refractivity contribution in [1.82, 2.24) is 0 Å². The molecule has 0 saturated heterocycles. The Kier molecular flexibility index (Phi) is 2.11. The summed E-state index contributed by atoms with van der Waals surface area (Å²) in [5, 5.41) is 4.60. The Morgan fingerprint density at radius 1 is 1.55 bits per heavy atom. The molecule has 11 heavy (non-hydrogen) atoms. The first-order chi connectivity index (χ1) is 5.08. The van der Waals surface area contributed by atoms with Crippen LogP contribution in [0.2, 0.25) is 0 Å². The Balaban J connectivity index is 2.82. The lowest BCUT2D eigenvalue weighted by molar-refractivity contribution is 0.487. The van der Waals surface area contributed by atoms with Gasteiger partial charge in [-0.25, -0.2) is 0 Å². The summed E-state index contributed by atoms with van der Waals surface area (Å²) < 4.78 is 25.0. The molecule has 1 aromatic rings. The SMILES string of the molecule is NS(=O)(=O)Oc1c[c]ccc1. The van der Waals surface area contributed by atoms with Crippen LogP contribution in [0.3, 0.4) is 0 Å². The van der Waals surface area contributed by atoms with Crippen LogP contribution in [0.4, 0.5) is 0 Å². The van der Waals surface area contributed by atoms with E-state index in [0.29, 0.717) is 0 Å². The van der Waals surface area contributed by atoms with Crippen molar-refractivity contribution in [2.75, 3.05) is 0 Å². The number of benzene rings is 1. The highest BCUT2D eigenvalue weighted by molar-refractivity contribution is 7.84. The molecule has 0 aromatic heterocycles. The second-order valence-electron chi connectivity index (χ2n) is 1.82. The molecular weight excluding hydrogens is 166 g/mol. The normalized spacial score (nSPS) is 11.0. The van der Waals surface area contributed by atoms with Crippen LogP contribution in [0.1, 0.15) is 0 Å². The van der Waals surface area contributed by atoms with E-state index in [9.17, 15) is 8.42 Å². The van der Waals surface area contributed by atoms with Gasteiger partial charge in [0.05, 0.1) is 0 Å². The molecule has 0 bridgehead atoms. The van der Waals surface area contributed by atoms with Crippen molar-refractivity contribution in [2.45, 2.75) is 0 Å². The third kappa shape index (κ3) is 3.01. The molecule has 59 valence electrons. The smallest absolute Gasteiger partial charge is 0.371 e. The minimum Gasteiger partial charge on any atom is -0.371 e. The number of hydrogen-bond acceptors (Lipinski definition) is 3. The van der Waals surface area contributed by atoms with E-state index in [4.69, 9.17) is 0 Å². The summed E-state index contributed by atoms with van der Waals surface area (Å²) in [5.41, 5.74) is 0. The van der Waals surface area contributed by atoms with E-state index in [0.717, 1.165) is 0 Å². The molecule has 0 saturated carbocycles. The first-order valence-electron chi connectivity index (χ1n) is 2.76. The first-order valence-corrected chi connectivity index (χ1v) is 4.23. The molecule has 1 rings (SSSR count). The maximum absolute atomic E-state index is 10.3. The van der Waals surface area contributed by atoms with Crippen LogP contribution >= 0.6 is 0 Å². The van der Waals surface area contributed by atoms with Gasteiger partial charge in [0.1, 0.15) is 5.75 Å². The molecule has 0 spiro atoms. The minimum atomic E-state index is -3.90. The van der Waals surface area contributed by atoms with E-state index >= 15 is 0 Å². The highest BCUT2D eigenvalue weighted by Gasteiger charge is 2.02. The van der Waals surface area contributed by atoms with E-state index in [2.05, 4.69) is 15.4 Å². The van der Waals surface area contributed by atoms with Crippen molar-refractivity contribution in [3.63, 3.8) is 0 Å². The van der Waals surface area contributed by atoms with Gasteiger partial charge >= 0.3 is 10.3 Å². The van der Waals surface area contributed by atoms with Gasteiger partial charge in [0.2, 0.25) is 0 Å². The minimum absolute atomic E-state index is 0.162. The Morgan fingerprint density at radius 2 is 2.27 bits per heavy atom. The number of rotatable bonds is 2. The summed E-state index contributed by atoms with van der Waals surface area (Å²) in [6.07, 6.45) is 0. The summed E-state index contributed by atoms with van der Waals surface area (Å²) >= 11 is 0. The van der Waals surface area contributed by atoms with Crippen molar-refractivity contribution in [3.8, 4) is 5.75 Å². The van der Waals surface area contributed by atoms with Gasteiger partial charge in [-0.2, -0.15) is 13.6 Å². The summed E-state index contributed by atoms with van der Waals surface area (Å²) in [6, 6.07) is 8.71. The van der Waals surface area contributed by atoms with Gasteiger partial charge in [0.25, 0.3) is 0 Å². The average molecular weight is 172 g/mol. The van der Waals surface area contributed by atoms with Gasteiger partial charge in [-0.15, -0.1) is 0 Å². The van der Waals surface area contributed by atoms with Gasteiger partial charge in [-0.1, -0.05) is 12.1 Å². The van der Waals surface area contributed by atoms with Gasteiger partial charge in [0.15, 0.2) is 0 Å². The van der Waals surface area contributed by atoms with Crippen LogP contribution in [0.25, 0.3) is 0 Å². The van der Waals surface area contributed by atoms with Gasteiger partial charge in [-0.05, 0) is 18.2 Å². The molecule has 4 nitrogen and oxygen atoms in total. The molecule has 0 fully saturated rings. The van der Waals surface area contributed by atoms with Gasteiger partial charge < -0.3 is 4.18 Å². The van der Waals surface area contributed by atoms with E-state index < -0.39 is 10.3 Å². The summed E-state index contributed by atoms with van der Waals surface area (Å²) in [5.74, 6) is 0.162. The Hall–Kier alpha value is -1.07. The largest absolute Gasteiger partial charge is 0.380 e. The predicted molar refractivity (Wildman–Crippen MR) is 39.0 cm³/mol. The van der Waals surface area contributed by atoms with E-state index in [1.165, 1.54) is 12.1 Å². The van der Waals surface area contributed by atoms with Crippen molar-refractivity contribution in [1.29, 1.82) is 0 Å². The molecule has 0 aliphatic heterocycles. The maximum Gasteiger partial charge on any atom is 0.380 e. The molecule has 0 heterocycles. The molecule has 0 aliphatic rings. The first kappa shape index (κ1) is 8.03. The zero-order valence-electron chi connectivity index (χ0n) is 5.52. The third-order valence-corrected chi connectivity index (χ3v) is 1.32. The molecule has 1 radical (unpaired) electrons. The molecule has 0 atom stereocenters. The second-order valence-corrected chi connectivity index (χ2v) is 2.97. The molecule has 5 heteroatoms. The van der Waals surface area contributed by atoms with Gasteiger partial charge in [0, 0.05) is 0 Å². The maximum atomic E-state index is 10.3. The van der Waals surface area contributed by atoms with Crippen LogP contribution in [-0.2, 0) is 10.3 Å². The summed E-state index contributed by atoms with van der Waals surface area (Å²) in [4.78, 5) is 0. The highest BCUT2D eigenvalue weighted by atomic mass is 32.2. The quantitative estimate of drug-likeness (QED) is 0.686. The van der Waals surface area contributed by atoms with Gasteiger partial charge in [-0.3, -0.25) is 0 Å². The lowest BCUT2D eigenvalue weighted by atomic mass is 10.3. The zero-order chi connectivity index (χ0) is 8.32. The summed E-state index contributed by atoms with van der Waals surface area (Å²) in [7, 11) is -3.90. The van der Waals surface area contributed by atoms with Crippen LogP contribution < -0.4 is 9.32 Å². The fourth-order valence-electron chi connectivity index (χ4n) is 0.563. The average Bonchev–Trinajstić information content (AvgIpc) is 1.85. The predicted octanol–water partition coefficient (Wildman–Crippen LogP) is 0.0691. The monoisotopic (exact) mass is 172 g/mol. The van der Waals surface area contributed by atoms with E-state index in [1.54, 1.807) is 12.1 Å². The molecular formula is C6H6NO3S. The third-order valence-electron chi connectivity index (χ3n) is 0.891. The topological polar surface area (TPSA) is 69.4 Å². The van der Waals surface area contributed by atoms with E-state index in [-0.39, 0.29) is 5.75 Å². The fraction of sp³-hybridized carbons (Fsp3) is 0. The standard InChI is InChI=1S/C6H6NO3S/c7-11(8,9)10-6-4-2-1-3-5-6/h1-2,4-5H,(H2,7,8,9). The number of nitrogens with two attached hydrogens (primary N) is 1. The highest BCUT2D eigenvalue weighted by Crippen LogP contribution is 2.08. The Labute approximate surface area is 64.9 Å². The van der Waals surface area contributed by atoms with Crippen LogP contribution in [-0.4, -0.2) is 8.42 Å². The van der Waals surface area contributed by atoms with Crippen molar-refractivity contribution in [3.05, 3.63) is 30.3 Å². The molecule has 2 N–H and O–H groups in total. The Morgan fingerprint density at radius 3 is 2.73 bits per heavy atom. The van der Waals surface area contributed by atoms with Crippen LogP contribution in [0.5, 0.6) is 5.75 Å². The molecule has 0 aliphatic carbocycles. The van der Waals surface area contributed by atoms with E-state index in [1.807, 2.05) is 0 Å². The fourth-order valence-corrected chi connectivity index (χ4v) is 0.935. The lowest BCUT2D eigenvalue weighted by Gasteiger charge is -1.99. The summed E-state index contributed by atoms with van der Waals surface area (Å²) in [6.45, 7) is 0. The number of hydrogen-bond donors (Lipinski definition) is 1. The molecule has 0 amide bonds. The molecule has 0 unspecified atom stereocenters. The van der Waals surface area contributed by atoms with Crippen molar-refractivity contribution in [2.24, 2.45) is 5.14 Å².